The van der Waals surface area contributed by atoms with Crippen molar-refractivity contribution in [1.29, 1.82) is 0 Å². The zero-order chi connectivity index (χ0) is 15.0. The lowest BCUT2D eigenvalue weighted by molar-refractivity contribution is -0.136. The summed E-state index contributed by atoms with van der Waals surface area (Å²) < 4.78 is 5.36. The Balaban J connectivity index is 1.70. The van der Waals surface area contributed by atoms with Crippen molar-refractivity contribution in [2.45, 2.75) is 32.2 Å². The molecule has 21 heavy (non-hydrogen) atoms. The molecule has 2 bridgehead atoms. The van der Waals surface area contributed by atoms with Gasteiger partial charge >= 0.3 is 0 Å². The van der Waals surface area contributed by atoms with Crippen LogP contribution in [-0.2, 0) is 11.3 Å². The number of carbonyl (C=O) groups is 1. The van der Waals surface area contributed by atoms with Gasteiger partial charge in [-0.2, -0.15) is 0 Å². The molecule has 1 amide bonds. The second-order valence-electron chi connectivity index (χ2n) is 6.43. The van der Waals surface area contributed by atoms with Crippen LogP contribution in [0.25, 0.3) is 0 Å². The first-order valence-corrected chi connectivity index (χ1v) is 8.03. The van der Waals surface area contributed by atoms with Crippen LogP contribution in [0, 0.1) is 17.8 Å². The van der Waals surface area contributed by atoms with Crippen LogP contribution in [0.15, 0.2) is 18.2 Å². The smallest absolute Gasteiger partial charge is 0.226 e. The van der Waals surface area contributed by atoms with E-state index in [9.17, 15) is 4.79 Å². The van der Waals surface area contributed by atoms with Gasteiger partial charge in [0.15, 0.2) is 0 Å². The van der Waals surface area contributed by atoms with Gasteiger partial charge in [0.25, 0.3) is 0 Å². The van der Waals surface area contributed by atoms with E-state index in [2.05, 4.69) is 0 Å². The van der Waals surface area contributed by atoms with Crippen LogP contribution in [0.5, 0.6) is 5.75 Å². The van der Waals surface area contributed by atoms with Crippen LogP contribution in [0.2, 0.25) is 5.02 Å². The van der Waals surface area contributed by atoms with Gasteiger partial charge in [0.05, 0.1) is 7.11 Å². The third-order valence-electron chi connectivity index (χ3n) is 5.08. The Morgan fingerprint density at radius 2 is 2.19 bits per heavy atom. The van der Waals surface area contributed by atoms with Gasteiger partial charge in [0.2, 0.25) is 5.91 Å². The number of carbonyl (C=O) groups excluding carboxylic acids is 1. The summed E-state index contributed by atoms with van der Waals surface area (Å²) in [6, 6.07) is 5.54. The number of methoxy groups -OCH3 is 1. The zero-order valence-corrected chi connectivity index (χ0v) is 13.4. The Hall–Kier alpha value is -1.22. The summed E-state index contributed by atoms with van der Waals surface area (Å²) in [6.45, 7) is 0.552. The SMILES string of the molecule is COc1ccc(Cl)cc1CN(C)C(=O)C1CC2CCC1C2. The Morgan fingerprint density at radius 1 is 1.38 bits per heavy atom. The van der Waals surface area contributed by atoms with E-state index in [0.717, 1.165) is 23.7 Å². The lowest BCUT2D eigenvalue weighted by Crippen LogP contribution is -2.35. The molecule has 1 aromatic rings. The maximum absolute atomic E-state index is 12.7. The molecule has 3 rings (SSSR count). The quantitative estimate of drug-likeness (QED) is 0.848. The number of nitrogens with zero attached hydrogens (tertiary/aromatic N) is 1. The van der Waals surface area contributed by atoms with E-state index in [0.29, 0.717) is 17.5 Å². The fraction of sp³-hybridized carbons (Fsp3) is 0.588. The molecule has 2 saturated carbocycles. The highest BCUT2D eigenvalue weighted by molar-refractivity contribution is 6.30. The Bertz CT molecular complexity index is 546. The predicted molar refractivity (Wildman–Crippen MR) is 83.4 cm³/mol. The molecule has 2 aliphatic carbocycles. The molecule has 3 nitrogen and oxygen atoms in total. The fourth-order valence-corrected chi connectivity index (χ4v) is 4.23. The lowest BCUT2D eigenvalue weighted by atomic mass is 9.88. The molecule has 0 N–H and O–H groups in total. The van der Waals surface area contributed by atoms with Gasteiger partial charge in [0, 0.05) is 30.1 Å². The number of fused-ring (bicyclic) bond motifs is 2. The highest BCUT2D eigenvalue weighted by Crippen LogP contribution is 2.48. The van der Waals surface area contributed by atoms with Gasteiger partial charge in [-0.05, 0) is 49.3 Å². The minimum Gasteiger partial charge on any atom is -0.496 e. The largest absolute Gasteiger partial charge is 0.496 e. The average molecular weight is 308 g/mol. The summed E-state index contributed by atoms with van der Waals surface area (Å²) in [5, 5.41) is 0.673. The maximum Gasteiger partial charge on any atom is 0.226 e. The molecule has 0 spiro atoms. The molecule has 3 unspecified atom stereocenters. The van der Waals surface area contributed by atoms with Crippen molar-refractivity contribution in [3.05, 3.63) is 28.8 Å². The maximum atomic E-state index is 12.7. The van der Waals surface area contributed by atoms with Crippen molar-refractivity contribution in [2.75, 3.05) is 14.2 Å². The van der Waals surface area contributed by atoms with Crippen molar-refractivity contribution in [3.8, 4) is 5.75 Å². The van der Waals surface area contributed by atoms with Crippen LogP contribution >= 0.6 is 11.6 Å². The molecular weight excluding hydrogens is 286 g/mol. The van der Waals surface area contributed by atoms with Crippen molar-refractivity contribution in [2.24, 2.45) is 17.8 Å². The number of rotatable bonds is 4. The van der Waals surface area contributed by atoms with E-state index in [-0.39, 0.29) is 11.8 Å². The van der Waals surface area contributed by atoms with Crippen LogP contribution in [0.4, 0.5) is 0 Å². The number of amides is 1. The van der Waals surface area contributed by atoms with E-state index in [1.54, 1.807) is 7.11 Å². The van der Waals surface area contributed by atoms with Gasteiger partial charge in [-0.15, -0.1) is 0 Å². The summed E-state index contributed by atoms with van der Waals surface area (Å²) >= 11 is 6.06. The molecule has 2 aliphatic rings. The standard InChI is InChI=1S/C17H22ClNO2/c1-19(10-13-9-14(18)5-6-16(13)21-2)17(20)15-8-11-3-4-12(15)7-11/h5-6,9,11-12,15H,3-4,7-8,10H2,1-2H3. The number of ether oxygens (including phenoxy) is 1. The molecule has 0 heterocycles. The molecule has 0 saturated heterocycles. The summed E-state index contributed by atoms with van der Waals surface area (Å²) in [6.07, 6.45) is 4.89. The lowest BCUT2D eigenvalue weighted by Gasteiger charge is -2.27. The first kappa shape index (κ1) is 14.7. The Labute approximate surface area is 131 Å². The minimum atomic E-state index is 0.235. The van der Waals surface area contributed by atoms with Crippen molar-refractivity contribution >= 4 is 17.5 Å². The first-order chi connectivity index (χ1) is 10.1. The molecule has 4 heteroatoms. The third-order valence-corrected chi connectivity index (χ3v) is 5.32. The highest BCUT2D eigenvalue weighted by Gasteiger charge is 2.43. The normalized spacial score (nSPS) is 26.9. The Kier molecular flexibility index (Phi) is 4.12. The monoisotopic (exact) mass is 307 g/mol. The minimum absolute atomic E-state index is 0.235. The molecule has 3 atom stereocenters. The summed E-state index contributed by atoms with van der Waals surface area (Å²) in [5.74, 6) is 2.71. The van der Waals surface area contributed by atoms with Gasteiger partial charge in [0.1, 0.15) is 5.75 Å². The van der Waals surface area contributed by atoms with Crippen molar-refractivity contribution in [3.63, 3.8) is 0 Å². The number of hydrogen-bond acceptors (Lipinski definition) is 2. The topological polar surface area (TPSA) is 29.5 Å². The third kappa shape index (κ3) is 2.89. The van der Waals surface area contributed by atoms with E-state index >= 15 is 0 Å². The summed E-state index contributed by atoms with van der Waals surface area (Å²) in [4.78, 5) is 14.5. The molecule has 0 radical (unpaired) electrons. The molecule has 1 aromatic carbocycles. The summed E-state index contributed by atoms with van der Waals surface area (Å²) in [5.41, 5.74) is 0.962. The van der Waals surface area contributed by atoms with Crippen LogP contribution < -0.4 is 4.74 Å². The molecule has 0 aromatic heterocycles. The van der Waals surface area contributed by atoms with Crippen LogP contribution in [0.1, 0.15) is 31.2 Å². The van der Waals surface area contributed by atoms with E-state index in [4.69, 9.17) is 16.3 Å². The van der Waals surface area contributed by atoms with Gasteiger partial charge < -0.3 is 9.64 Å². The zero-order valence-electron chi connectivity index (χ0n) is 12.6. The number of hydrogen-bond donors (Lipinski definition) is 0. The fourth-order valence-electron chi connectivity index (χ4n) is 4.03. The number of halogens is 1. The van der Waals surface area contributed by atoms with Gasteiger partial charge in [-0.25, -0.2) is 0 Å². The van der Waals surface area contributed by atoms with Crippen molar-refractivity contribution < 1.29 is 9.53 Å². The summed E-state index contributed by atoms with van der Waals surface area (Å²) in [7, 11) is 3.53. The molecule has 0 aliphatic heterocycles. The van der Waals surface area contributed by atoms with E-state index < -0.39 is 0 Å². The van der Waals surface area contributed by atoms with E-state index in [1.807, 2.05) is 30.1 Å². The molecule has 114 valence electrons. The predicted octanol–water partition coefficient (Wildman–Crippen LogP) is 3.74. The average Bonchev–Trinajstić information content (AvgIpc) is 3.09. The first-order valence-electron chi connectivity index (χ1n) is 7.66. The Morgan fingerprint density at radius 3 is 2.81 bits per heavy atom. The number of benzene rings is 1. The van der Waals surface area contributed by atoms with Crippen LogP contribution in [0.3, 0.4) is 0 Å². The van der Waals surface area contributed by atoms with E-state index in [1.165, 1.54) is 19.3 Å². The second kappa shape index (κ2) is 5.88. The molecule has 2 fully saturated rings. The highest BCUT2D eigenvalue weighted by atomic mass is 35.5. The van der Waals surface area contributed by atoms with Gasteiger partial charge in [-0.3, -0.25) is 4.79 Å². The van der Waals surface area contributed by atoms with Crippen molar-refractivity contribution in [1.82, 2.24) is 4.90 Å². The molecular formula is C17H22ClNO2. The van der Waals surface area contributed by atoms with Crippen LogP contribution in [-0.4, -0.2) is 25.0 Å². The second-order valence-corrected chi connectivity index (χ2v) is 6.87. The van der Waals surface area contributed by atoms with Gasteiger partial charge in [-0.1, -0.05) is 18.0 Å².